The van der Waals surface area contributed by atoms with Gasteiger partial charge >= 0.3 is 17.9 Å². The van der Waals surface area contributed by atoms with Gasteiger partial charge in [0, 0.05) is 19.3 Å². The van der Waals surface area contributed by atoms with E-state index >= 15 is 0 Å². The van der Waals surface area contributed by atoms with Gasteiger partial charge in [-0.25, -0.2) is 0 Å². The molecular formula is C71H128O6. The molecule has 0 heterocycles. The molecule has 0 aromatic heterocycles. The fourth-order valence-electron chi connectivity index (χ4n) is 9.89. The predicted molar refractivity (Wildman–Crippen MR) is 335 cm³/mol. The number of esters is 3. The lowest BCUT2D eigenvalue weighted by atomic mass is 10.0. The zero-order chi connectivity index (χ0) is 55.7. The molecule has 0 bridgehead atoms. The SMILES string of the molecule is CCCCC/C=C\C/C=C\C/C=C\CCCCCCCCC(=O)OC(COC(=O)CCCCCCCCC/C=C\C/C=C\CCCCCC)COC(=O)CCCCCCCCCCCCCCCCCCCCCCCC. The molecule has 0 fully saturated rings. The first-order valence-electron chi connectivity index (χ1n) is 33.8. The highest BCUT2D eigenvalue weighted by Crippen LogP contribution is 2.17. The highest BCUT2D eigenvalue weighted by molar-refractivity contribution is 5.71. The summed E-state index contributed by atoms with van der Waals surface area (Å²) in [7, 11) is 0. The van der Waals surface area contributed by atoms with Gasteiger partial charge in [-0.2, -0.15) is 0 Å². The molecule has 0 aromatic carbocycles. The third-order valence-electron chi connectivity index (χ3n) is 15.0. The molecule has 0 aliphatic heterocycles. The molecule has 0 N–H and O–H groups in total. The van der Waals surface area contributed by atoms with Crippen molar-refractivity contribution in [2.24, 2.45) is 0 Å². The topological polar surface area (TPSA) is 78.9 Å². The van der Waals surface area contributed by atoms with Gasteiger partial charge in [0.25, 0.3) is 0 Å². The number of hydrogen-bond donors (Lipinski definition) is 0. The summed E-state index contributed by atoms with van der Waals surface area (Å²) in [6.45, 7) is 6.64. The van der Waals surface area contributed by atoms with Crippen molar-refractivity contribution in [2.45, 2.75) is 361 Å². The van der Waals surface area contributed by atoms with E-state index in [-0.39, 0.29) is 31.1 Å². The molecule has 0 aromatic rings. The molecule has 0 saturated carbocycles. The van der Waals surface area contributed by atoms with Crippen molar-refractivity contribution >= 4 is 17.9 Å². The second kappa shape index (κ2) is 65.6. The molecule has 0 aliphatic carbocycles. The van der Waals surface area contributed by atoms with Gasteiger partial charge in [0.2, 0.25) is 0 Å². The van der Waals surface area contributed by atoms with Gasteiger partial charge in [0.15, 0.2) is 6.10 Å². The van der Waals surface area contributed by atoms with Crippen molar-refractivity contribution in [2.75, 3.05) is 13.2 Å². The van der Waals surface area contributed by atoms with E-state index in [0.717, 1.165) is 96.3 Å². The van der Waals surface area contributed by atoms with E-state index in [9.17, 15) is 14.4 Å². The van der Waals surface area contributed by atoms with E-state index in [1.807, 2.05) is 0 Å². The Hall–Kier alpha value is -2.89. The second-order valence-electron chi connectivity index (χ2n) is 22.7. The zero-order valence-corrected chi connectivity index (χ0v) is 51.5. The molecule has 448 valence electrons. The Morgan fingerprint density at radius 1 is 0.260 bits per heavy atom. The zero-order valence-electron chi connectivity index (χ0n) is 51.5. The van der Waals surface area contributed by atoms with Gasteiger partial charge in [-0.15, -0.1) is 0 Å². The first kappa shape index (κ1) is 74.1. The number of hydrogen-bond acceptors (Lipinski definition) is 6. The maximum atomic E-state index is 12.9. The molecule has 6 nitrogen and oxygen atoms in total. The van der Waals surface area contributed by atoms with Crippen LogP contribution in [0.15, 0.2) is 60.8 Å². The quantitative estimate of drug-likeness (QED) is 0.0261. The molecule has 1 atom stereocenters. The van der Waals surface area contributed by atoms with Crippen LogP contribution in [0.3, 0.4) is 0 Å². The van der Waals surface area contributed by atoms with Crippen molar-refractivity contribution in [1.82, 2.24) is 0 Å². The second-order valence-corrected chi connectivity index (χ2v) is 22.7. The van der Waals surface area contributed by atoms with E-state index in [1.54, 1.807) is 0 Å². The lowest BCUT2D eigenvalue weighted by molar-refractivity contribution is -0.167. The maximum absolute atomic E-state index is 12.9. The lowest BCUT2D eigenvalue weighted by Gasteiger charge is -2.18. The van der Waals surface area contributed by atoms with Crippen molar-refractivity contribution in [3.05, 3.63) is 60.8 Å². The molecule has 0 aliphatic rings. The summed E-state index contributed by atoms with van der Waals surface area (Å²) in [5.41, 5.74) is 0. The number of allylic oxidation sites excluding steroid dienone is 10. The Labute approximate surface area is 479 Å². The third kappa shape index (κ3) is 63.8. The number of unbranched alkanes of at least 4 members (excludes halogenated alkanes) is 41. The van der Waals surface area contributed by atoms with Crippen LogP contribution >= 0.6 is 0 Å². The van der Waals surface area contributed by atoms with Crippen LogP contribution in [0.5, 0.6) is 0 Å². The average molecular weight is 1080 g/mol. The minimum absolute atomic E-state index is 0.0789. The molecule has 1 unspecified atom stereocenters. The lowest BCUT2D eigenvalue weighted by Crippen LogP contribution is -2.30. The van der Waals surface area contributed by atoms with Gasteiger partial charge < -0.3 is 14.2 Å². The minimum Gasteiger partial charge on any atom is -0.462 e. The highest BCUT2D eigenvalue weighted by atomic mass is 16.6. The van der Waals surface area contributed by atoms with Crippen LogP contribution in [-0.4, -0.2) is 37.2 Å². The first-order chi connectivity index (χ1) is 38.0. The van der Waals surface area contributed by atoms with Crippen LogP contribution in [0.4, 0.5) is 0 Å². The van der Waals surface area contributed by atoms with Crippen molar-refractivity contribution in [1.29, 1.82) is 0 Å². The number of carbonyl (C=O) groups excluding carboxylic acids is 3. The third-order valence-corrected chi connectivity index (χ3v) is 15.0. The number of carbonyl (C=O) groups is 3. The van der Waals surface area contributed by atoms with Gasteiger partial charge in [0.05, 0.1) is 0 Å². The highest BCUT2D eigenvalue weighted by Gasteiger charge is 2.19. The first-order valence-corrected chi connectivity index (χ1v) is 33.8. The number of ether oxygens (including phenoxy) is 3. The van der Waals surface area contributed by atoms with Crippen molar-refractivity contribution in [3.8, 4) is 0 Å². The fraction of sp³-hybridized carbons (Fsp3) is 0.817. The Morgan fingerprint density at radius 2 is 0.468 bits per heavy atom. The molecule has 6 heteroatoms. The minimum atomic E-state index is -0.785. The smallest absolute Gasteiger partial charge is 0.306 e. The van der Waals surface area contributed by atoms with E-state index in [4.69, 9.17) is 14.2 Å². The standard InChI is InChI=1S/C71H128O6/c1-4-7-10-13-16-19-22-25-28-31-34-35-36-38-40-43-46-49-52-55-58-61-64-70(73)76-67-68(66-75-69(72)63-60-57-54-51-48-45-42-39-33-30-27-24-21-18-15-12-9-6-3)77-71(74)65-62-59-56-53-50-47-44-41-37-32-29-26-23-20-17-14-11-8-5-2/h17,20-21,24,26,29-30,33,37,41,68H,4-16,18-19,22-23,25,27-28,31-32,34-36,38-40,42-67H2,1-3H3/b20-17-,24-21-,29-26-,33-30-,41-37-. The van der Waals surface area contributed by atoms with Crippen LogP contribution in [0.1, 0.15) is 355 Å². The summed E-state index contributed by atoms with van der Waals surface area (Å²) in [5.74, 6) is -0.878. The summed E-state index contributed by atoms with van der Waals surface area (Å²) in [4.78, 5) is 38.4. The summed E-state index contributed by atoms with van der Waals surface area (Å²) in [5, 5.41) is 0. The Kier molecular flexibility index (Phi) is 63.2. The molecular weight excluding hydrogens is 949 g/mol. The molecule has 0 rings (SSSR count). The molecule has 77 heavy (non-hydrogen) atoms. The predicted octanol–water partition coefficient (Wildman–Crippen LogP) is 23.1. The average Bonchev–Trinajstić information content (AvgIpc) is 3.43. The monoisotopic (exact) mass is 1080 g/mol. The van der Waals surface area contributed by atoms with Crippen LogP contribution in [0.2, 0.25) is 0 Å². The summed E-state index contributed by atoms with van der Waals surface area (Å²) in [6, 6.07) is 0. The maximum Gasteiger partial charge on any atom is 0.306 e. The van der Waals surface area contributed by atoms with E-state index in [0.29, 0.717) is 19.3 Å². The Morgan fingerprint density at radius 3 is 0.766 bits per heavy atom. The summed E-state index contributed by atoms with van der Waals surface area (Å²) >= 11 is 0. The fourth-order valence-corrected chi connectivity index (χ4v) is 9.89. The molecule has 0 amide bonds. The number of rotatable bonds is 62. The van der Waals surface area contributed by atoms with Gasteiger partial charge in [0.1, 0.15) is 13.2 Å². The molecule has 0 saturated heterocycles. The van der Waals surface area contributed by atoms with E-state index in [1.165, 1.54) is 218 Å². The van der Waals surface area contributed by atoms with Crippen LogP contribution in [0.25, 0.3) is 0 Å². The van der Waals surface area contributed by atoms with Gasteiger partial charge in [-0.3, -0.25) is 14.4 Å². The van der Waals surface area contributed by atoms with Crippen LogP contribution in [0, 0.1) is 0 Å². The molecule has 0 spiro atoms. The normalized spacial score (nSPS) is 12.4. The molecule has 0 radical (unpaired) electrons. The Balaban J connectivity index is 4.36. The largest absolute Gasteiger partial charge is 0.462 e. The van der Waals surface area contributed by atoms with Gasteiger partial charge in [-0.05, 0) is 89.9 Å². The summed E-state index contributed by atoms with van der Waals surface area (Å²) < 4.78 is 17.0. The van der Waals surface area contributed by atoms with Crippen molar-refractivity contribution < 1.29 is 28.6 Å². The van der Waals surface area contributed by atoms with Crippen molar-refractivity contribution in [3.63, 3.8) is 0 Å². The van der Waals surface area contributed by atoms with Gasteiger partial charge in [-0.1, -0.05) is 306 Å². The van der Waals surface area contributed by atoms with Crippen LogP contribution in [-0.2, 0) is 28.6 Å². The van der Waals surface area contributed by atoms with Crippen LogP contribution < -0.4 is 0 Å². The summed E-state index contributed by atoms with van der Waals surface area (Å²) in [6.07, 6.45) is 83.7. The Bertz CT molecular complexity index is 1380. The van der Waals surface area contributed by atoms with E-state index < -0.39 is 6.10 Å². The van der Waals surface area contributed by atoms with E-state index in [2.05, 4.69) is 81.5 Å².